The molecule has 4 bridgehead atoms. The number of sulfonamides is 1. The van der Waals surface area contributed by atoms with Crippen molar-refractivity contribution < 1.29 is 37.1 Å². The second kappa shape index (κ2) is 15.4. The molecule has 3 fully saturated rings. The maximum Gasteiger partial charge on any atom is 0.306 e. The highest BCUT2D eigenvalue weighted by molar-refractivity contribution is 7.90. The summed E-state index contributed by atoms with van der Waals surface area (Å²) >= 11 is 0. The zero-order valence-electron chi connectivity index (χ0n) is 31.2. The number of carbonyl (C=O) groups excluding carboxylic acids is 4. The summed E-state index contributed by atoms with van der Waals surface area (Å²) in [4.78, 5) is 61.9. The Morgan fingerprint density at radius 1 is 1.04 bits per heavy atom. The second-order valence-electron chi connectivity index (χ2n) is 16.7. The molecule has 2 aliphatic heterocycles. The fourth-order valence-corrected chi connectivity index (χ4v) is 9.54. The van der Waals surface area contributed by atoms with Gasteiger partial charge in [0.15, 0.2) is 5.78 Å². The molecule has 52 heavy (non-hydrogen) atoms. The van der Waals surface area contributed by atoms with Gasteiger partial charge in [0.25, 0.3) is 0 Å². The molecule has 1 aromatic carbocycles. The number of benzene rings is 1. The van der Waals surface area contributed by atoms with Crippen LogP contribution in [0.2, 0.25) is 0 Å². The number of pyridine rings is 1. The predicted octanol–water partition coefficient (Wildman–Crippen LogP) is 6.06. The van der Waals surface area contributed by atoms with Gasteiger partial charge in [-0.2, -0.15) is 0 Å². The Morgan fingerprint density at radius 3 is 2.46 bits per heavy atom. The van der Waals surface area contributed by atoms with Gasteiger partial charge in [0, 0.05) is 24.4 Å². The van der Waals surface area contributed by atoms with Crippen molar-refractivity contribution in [1.82, 2.24) is 14.6 Å². The van der Waals surface area contributed by atoms with E-state index < -0.39 is 56.0 Å². The van der Waals surface area contributed by atoms with Crippen LogP contribution in [-0.2, 0) is 40.4 Å². The number of cyclic esters (lactones) is 1. The van der Waals surface area contributed by atoms with E-state index in [1.54, 1.807) is 6.20 Å². The molecule has 6 rings (SSSR count). The van der Waals surface area contributed by atoms with Crippen molar-refractivity contribution in [2.45, 2.75) is 135 Å². The molecule has 0 radical (unpaired) electrons. The van der Waals surface area contributed by atoms with Crippen LogP contribution in [0, 0.1) is 22.7 Å². The fraction of sp³-hybridized carbons (Fsp3) is 0.675. The third kappa shape index (κ3) is 8.63. The fourth-order valence-electron chi connectivity index (χ4n) is 8.15. The van der Waals surface area contributed by atoms with Crippen molar-refractivity contribution in [2.75, 3.05) is 13.2 Å². The number of hydrogen-bond acceptors (Lipinski definition) is 9. The first-order chi connectivity index (χ1) is 24.7. The van der Waals surface area contributed by atoms with Crippen molar-refractivity contribution in [1.29, 1.82) is 0 Å². The van der Waals surface area contributed by atoms with Crippen LogP contribution in [0.5, 0.6) is 5.88 Å². The molecule has 284 valence electrons. The molecule has 0 spiro atoms. The maximum absolute atomic E-state index is 14.6. The average molecular weight is 738 g/mol. The van der Waals surface area contributed by atoms with E-state index in [9.17, 15) is 27.6 Å². The Hall–Kier alpha value is -3.54. The third-order valence-corrected chi connectivity index (χ3v) is 13.5. The van der Waals surface area contributed by atoms with Gasteiger partial charge in [-0.3, -0.25) is 23.9 Å². The molecule has 1 saturated heterocycles. The van der Waals surface area contributed by atoms with Gasteiger partial charge in [0.2, 0.25) is 27.7 Å². The standard InChI is InChI=1S/C40H55N3O8S/c1-5-28-23-40(28,38(47)42-52(48,49)30-15-16-30)24-34(44)33-21-29-25-43(33)37(46)32(39(2,3)4)22-35(45)50-19-11-9-7-6-8-10-12-26-13-14-27-17-18-41-36(51-29)31(27)20-26/h13-14,17-18,20,28-30,32-33H,5-12,15-16,19,21-25H2,1-4H3,(H,42,47)/t28-,29-,32-,33+,40-/m1/s1. The molecule has 3 heterocycles. The lowest BCUT2D eigenvalue weighted by atomic mass is 9.77. The molecule has 5 atom stereocenters. The van der Waals surface area contributed by atoms with E-state index in [0.29, 0.717) is 38.2 Å². The van der Waals surface area contributed by atoms with Gasteiger partial charge in [0.1, 0.15) is 6.10 Å². The highest BCUT2D eigenvalue weighted by atomic mass is 32.2. The van der Waals surface area contributed by atoms with Crippen molar-refractivity contribution in [3.63, 3.8) is 0 Å². The molecule has 2 amide bonds. The number of Topliss-reactive ketones (excluding diaryl/α,β-unsaturated/α-hetero) is 1. The quantitative estimate of drug-likeness (QED) is 0.335. The molecule has 1 N–H and O–H groups in total. The van der Waals surface area contributed by atoms with Crippen molar-refractivity contribution >= 4 is 44.4 Å². The number of hydrogen-bond donors (Lipinski definition) is 1. The Kier molecular flexibility index (Phi) is 11.3. The summed E-state index contributed by atoms with van der Waals surface area (Å²) < 4.78 is 40.0. The number of amides is 2. The molecule has 4 aliphatic rings. The lowest BCUT2D eigenvalue weighted by Crippen LogP contribution is -2.48. The number of fused-ring (bicyclic) bond motifs is 3. The lowest BCUT2D eigenvalue weighted by Gasteiger charge is -2.34. The van der Waals surface area contributed by atoms with Gasteiger partial charge in [0.05, 0.1) is 42.2 Å². The smallest absolute Gasteiger partial charge is 0.306 e. The number of ketones is 1. The van der Waals surface area contributed by atoms with E-state index in [1.165, 1.54) is 10.5 Å². The number of nitrogens with zero attached hydrogens (tertiary/aromatic N) is 2. The SMILES string of the molecule is CC[C@@H]1C[C@]1(CC(=O)[C@@H]1C[C@@H]2CN1C(=O)[C@H](C(C)(C)C)CC(=O)OCCCCCCCCc1ccc3ccnc(c3c1)O2)C(=O)NS(=O)(=O)C1CC1. The Balaban J connectivity index is 1.31. The summed E-state index contributed by atoms with van der Waals surface area (Å²) in [5.74, 6) is -2.21. The van der Waals surface area contributed by atoms with Gasteiger partial charge in [-0.1, -0.05) is 71.9 Å². The minimum atomic E-state index is -3.80. The molecule has 2 saturated carbocycles. The van der Waals surface area contributed by atoms with E-state index in [1.807, 2.05) is 33.8 Å². The van der Waals surface area contributed by atoms with Crippen LogP contribution in [0.1, 0.15) is 117 Å². The van der Waals surface area contributed by atoms with Gasteiger partial charge < -0.3 is 14.4 Å². The first kappa shape index (κ1) is 38.2. The normalized spacial score (nSPS) is 28.1. The van der Waals surface area contributed by atoms with E-state index in [0.717, 1.165) is 55.7 Å². The summed E-state index contributed by atoms with van der Waals surface area (Å²) in [6.45, 7) is 8.03. The predicted molar refractivity (Wildman–Crippen MR) is 197 cm³/mol. The van der Waals surface area contributed by atoms with Gasteiger partial charge in [-0.05, 0) is 72.9 Å². The first-order valence-electron chi connectivity index (χ1n) is 19.3. The number of nitrogens with one attached hydrogen (secondary N) is 1. The van der Waals surface area contributed by atoms with Crippen LogP contribution in [0.15, 0.2) is 30.5 Å². The molecule has 12 heteroatoms. The number of carbonyl (C=O) groups is 4. The number of ether oxygens (including phenoxy) is 2. The van der Waals surface area contributed by atoms with Crippen molar-refractivity contribution in [3.8, 4) is 5.88 Å². The summed E-state index contributed by atoms with van der Waals surface area (Å²) in [5, 5.41) is 1.27. The lowest BCUT2D eigenvalue weighted by molar-refractivity contribution is -0.153. The molecule has 1 aromatic heterocycles. The van der Waals surface area contributed by atoms with Crippen LogP contribution in [0.4, 0.5) is 0 Å². The molecule has 0 unspecified atom stereocenters. The molecule has 2 aliphatic carbocycles. The number of rotatable bonds is 7. The second-order valence-corrected chi connectivity index (χ2v) is 18.6. The van der Waals surface area contributed by atoms with Crippen LogP contribution in [0.3, 0.4) is 0 Å². The van der Waals surface area contributed by atoms with Gasteiger partial charge >= 0.3 is 5.97 Å². The average Bonchev–Trinajstić information content (AvgIpc) is 4.02. The van der Waals surface area contributed by atoms with Gasteiger partial charge in [-0.25, -0.2) is 13.4 Å². The van der Waals surface area contributed by atoms with Crippen LogP contribution < -0.4 is 9.46 Å². The van der Waals surface area contributed by atoms with Crippen molar-refractivity contribution in [3.05, 3.63) is 36.0 Å². The number of esters is 1. The molecular weight excluding hydrogens is 683 g/mol. The van der Waals surface area contributed by atoms with Crippen LogP contribution in [-0.4, -0.2) is 72.4 Å². The molecule has 2 aromatic rings. The Morgan fingerprint density at radius 2 is 1.77 bits per heavy atom. The van der Waals surface area contributed by atoms with E-state index in [2.05, 4.69) is 27.9 Å². The minimum absolute atomic E-state index is 0.0983. The third-order valence-electron chi connectivity index (χ3n) is 11.7. The van der Waals surface area contributed by atoms with E-state index >= 15 is 0 Å². The first-order valence-corrected chi connectivity index (χ1v) is 20.9. The van der Waals surface area contributed by atoms with E-state index in [-0.39, 0.29) is 43.4 Å². The Labute approximate surface area is 308 Å². The zero-order valence-corrected chi connectivity index (χ0v) is 32.0. The number of aryl methyl sites for hydroxylation is 1. The summed E-state index contributed by atoms with van der Waals surface area (Å²) in [5.41, 5.74) is -0.590. The Bertz CT molecular complexity index is 1780. The van der Waals surface area contributed by atoms with Crippen molar-refractivity contribution in [2.24, 2.45) is 22.7 Å². The minimum Gasteiger partial charge on any atom is -0.472 e. The monoisotopic (exact) mass is 737 g/mol. The number of aromatic nitrogens is 1. The summed E-state index contributed by atoms with van der Waals surface area (Å²) in [6, 6.07) is 7.34. The van der Waals surface area contributed by atoms with Crippen LogP contribution >= 0.6 is 0 Å². The molecule has 11 nitrogen and oxygen atoms in total. The van der Waals surface area contributed by atoms with E-state index in [4.69, 9.17) is 9.47 Å². The molecular formula is C40H55N3O8S. The van der Waals surface area contributed by atoms with Gasteiger partial charge in [-0.15, -0.1) is 0 Å². The summed E-state index contributed by atoms with van der Waals surface area (Å²) in [6.07, 6.45) is 10.0. The van der Waals surface area contributed by atoms with Crippen LogP contribution in [0.25, 0.3) is 10.8 Å². The topological polar surface area (TPSA) is 149 Å². The largest absolute Gasteiger partial charge is 0.472 e. The highest BCUT2D eigenvalue weighted by Gasteiger charge is 2.61. The maximum atomic E-state index is 14.6. The zero-order chi connectivity index (χ0) is 37.3. The highest BCUT2D eigenvalue weighted by Crippen LogP contribution is 2.58. The summed E-state index contributed by atoms with van der Waals surface area (Å²) in [7, 11) is -3.80.